The topological polar surface area (TPSA) is 39.7 Å². The monoisotopic (exact) mass is 506 g/mol. The number of halogens is 4. The van der Waals surface area contributed by atoms with Crippen molar-refractivity contribution in [2.24, 2.45) is 4.99 Å². The van der Waals surface area contributed by atoms with E-state index in [1.165, 1.54) is 15.7 Å². The third-order valence-electron chi connectivity index (χ3n) is 4.59. The smallest absolute Gasteiger partial charge is 0.357 e. The van der Waals surface area contributed by atoms with Crippen LogP contribution in [0.2, 0.25) is 0 Å². The second-order valence-electron chi connectivity index (χ2n) is 6.86. The van der Waals surface area contributed by atoms with E-state index in [0.29, 0.717) is 38.6 Å². The second kappa shape index (κ2) is 10.3. The fourth-order valence-corrected chi connectivity index (χ4v) is 3.37. The molecule has 1 atom stereocenters. The molecule has 4 nitrogen and oxygen atoms in total. The highest BCUT2D eigenvalue weighted by Gasteiger charge is 2.34. The number of nitrogens with zero attached hydrogens (tertiary/aromatic N) is 2. The van der Waals surface area contributed by atoms with Crippen LogP contribution in [0.15, 0.2) is 47.5 Å². The van der Waals surface area contributed by atoms with Crippen LogP contribution in [-0.4, -0.2) is 49.3 Å². The number of rotatable bonds is 5. The molecule has 0 aromatic heterocycles. The predicted molar refractivity (Wildman–Crippen MR) is 118 cm³/mol. The average molecular weight is 506 g/mol. The zero-order valence-electron chi connectivity index (χ0n) is 15.8. The summed E-state index contributed by atoms with van der Waals surface area (Å²) in [5.74, 6) is 0.643. The number of likely N-dealkylation sites (tertiary alicyclic amines) is 1. The highest BCUT2D eigenvalue weighted by molar-refractivity contribution is 14.0. The molecule has 1 aliphatic rings. The van der Waals surface area contributed by atoms with E-state index < -0.39 is 12.7 Å². The molecule has 0 spiro atoms. The van der Waals surface area contributed by atoms with Gasteiger partial charge in [-0.1, -0.05) is 36.4 Å². The highest BCUT2D eigenvalue weighted by Crippen LogP contribution is 2.20. The van der Waals surface area contributed by atoms with E-state index >= 15 is 0 Å². The molecule has 0 radical (unpaired) electrons. The summed E-state index contributed by atoms with van der Waals surface area (Å²) in [6, 6.07) is 14.4. The van der Waals surface area contributed by atoms with E-state index in [2.05, 4.69) is 46.0 Å². The number of nitrogens with one attached hydrogen (secondary N) is 2. The Labute approximate surface area is 180 Å². The van der Waals surface area contributed by atoms with Crippen LogP contribution in [-0.2, 0) is 6.54 Å². The molecule has 2 N–H and O–H groups in total. The number of aliphatic imine (C=N–C) groups is 1. The van der Waals surface area contributed by atoms with Crippen LogP contribution in [0.25, 0.3) is 10.8 Å². The van der Waals surface area contributed by atoms with Gasteiger partial charge in [-0.2, -0.15) is 13.2 Å². The number of hydrogen-bond acceptors (Lipinski definition) is 2. The van der Waals surface area contributed by atoms with Crippen LogP contribution >= 0.6 is 24.0 Å². The minimum Gasteiger partial charge on any atom is -0.357 e. The standard InChI is InChI=1S/C20H25F3N4.HI/c1-2-24-19(26-18-9-10-27(13-18)14-20(21,22)23)25-12-15-7-8-16-5-3-4-6-17(16)11-15;/h3-8,11,18H,2,9-10,12-14H2,1H3,(H2,24,25,26);1H. The maximum absolute atomic E-state index is 12.5. The Balaban J connectivity index is 0.00000280. The Hall–Kier alpha value is -1.55. The van der Waals surface area contributed by atoms with Crippen molar-refractivity contribution >= 4 is 40.7 Å². The lowest BCUT2D eigenvalue weighted by atomic mass is 10.1. The van der Waals surface area contributed by atoms with Gasteiger partial charge in [-0.05, 0) is 35.7 Å². The zero-order valence-corrected chi connectivity index (χ0v) is 18.1. The van der Waals surface area contributed by atoms with Gasteiger partial charge >= 0.3 is 6.18 Å². The average Bonchev–Trinajstić information content (AvgIpc) is 3.04. The third-order valence-corrected chi connectivity index (χ3v) is 4.59. The summed E-state index contributed by atoms with van der Waals surface area (Å²) in [5.41, 5.74) is 1.09. The zero-order chi connectivity index (χ0) is 19.3. The largest absolute Gasteiger partial charge is 0.401 e. The molecule has 28 heavy (non-hydrogen) atoms. The quantitative estimate of drug-likeness (QED) is 0.364. The summed E-state index contributed by atoms with van der Waals surface area (Å²) in [5, 5.41) is 8.80. The molecule has 3 rings (SSSR count). The van der Waals surface area contributed by atoms with Gasteiger partial charge in [0.2, 0.25) is 0 Å². The fraction of sp³-hybridized carbons (Fsp3) is 0.450. The molecule has 0 saturated carbocycles. The van der Waals surface area contributed by atoms with Gasteiger partial charge < -0.3 is 10.6 Å². The molecule has 8 heteroatoms. The molecule has 1 aliphatic heterocycles. The van der Waals surface area contributed by atoms with E-state index in [1.54, 1.807) is 0 Å². The van der Waals surface area contributed by atoms with Crippen molar-refractivity contribution in [1.29, 1.82) is 0 Å². The Morgan fingerprint density at radius 1 is 1.18 bits per heavy atom. The summed E-state index contributed by atoms with van der Waals surface area (Å²) in [6.07, 6.45) is -3.47. The van der Waals surface area contributed by atoms with Crippen LogP contribution in [0.4, 0.5) is 13.2 Å². The van der Waals surface area contributed by atoms with Crippen LogP contribution in [0.3, 0.4) is 0 Å². The molecule has 2 aromatic carbocycles. The van der Waals surface area contributed by atoms with Gasteiger partial charge in [0, 0.05) is 25.7 Å². The summed E-state index contributed by atoms with van der Waals surface area (Å²) in [7, 11) is 0. The number of benzene rings is 2. The van der Waals surface area contributed by atoms with Crippen molar-refractivity contribution in [3.63, 3.8) is 0 Å². The predicted octanol–water partition coefficient (Wildman–Crippen LogP) is 4.15. The van der Waals surface area contributed by atoms with Gasteiger partial charge in [0.05, 0.1) is 13.1 Å². The van der Waals surface area contributed by atoms with Crippen LogP contribution in [0.5, 0.6) is 0 Å². The molecule has 1 saturated heterocycles. The number of alkyl halides is 3. The molecular weight excluding hydrogens is 480 g/mol. The molecule has 0 bridgehead atoms. The Kier molecular flexibility index (Phi) is 8.36. The minimum absolute atomic E-state index is 0. The minimum atomic E-state index is -4.15. The van der Waals surface area contributed by atoms with Crippen molar-refractivity contribution in [3.8, 4) is 0 Å². The van der Waals surface area contributed by atoms with E-state index in [0.717, 1.165) is 5.56 Å². The lowest BCUT2D eigenvalue weighted by molar-refractivity contribution is -0.143. The Morgan fingerprint density at radius 2 is 1.93 bits per heavy atom. The van der Waals surface area contributed by atoms with Crippen LogP contribution in [0.1, 0.15) is 18.9 Å². The summed E-state index contributed by atoms with van der Waals surface area (Å²) < 4.78 is 37.6. The SMILES string of the molecule is CCNC(=NCc1ccc2ccccc2c1)NC1CCN(CC(F)(F)F)C1.I. The molecule has 0 aliphatic carbocycles. The Morgan fingerprint density at radius 3 is 2.64 bits per heavy atom. The molecular formula is C20H26F3IN4. The summed E-state index contributed by atoms with van der Waals surface area (Å²) >= 11 is 0. The molecule has 1 fully saturated rings. The van der Waals surface area contributed by atoms with Gasteiger partial charge in [0.15, 0.2) is 5.96 Å². The van der Waals surface area contributed by atoms with Gasteiger partial charge in [-0.15, -0.1) is 24.0 Å². The Bertz CT molecular complexity index is 794. The fourth-order valence-electron chi connectivity index (χ4n) is 3.37. The summed E-state index contributed by atoms with van der Waals surface area (Å²) in [6.45, 7) is 3.15. The van der Waals surface area contributed by atoms with E-state index in [1.807, 2.05) is 19.1 Å². The molecule has 154 valence electrons. The molecule has 1 unspecified atom stereocenters. The summed E-state index contributed by atoms with van der Waals surface area (Å²) in [4.78, 5) is 6.04. The van der Waals surface area contributed by atoms with Crippen molar-refractivity contribution in [2.75, 3.05) is 26.2 Å². The van der Waals surface area contributed by atoms with Crippen molar-refractivity contribution in [1.82, 2.24) is 15.5 Å². The number of guanidine groups is 1. The maximum Gasteiger partial charge on any atom is 0.401 e. The molecule has 1 heterocycles. The lowest BCUT2D eigenvalue weighted by Gasteiger charge is -2.19. The number of hydrogen-bond donors (Lipinski definition) is 2. The van der Waals surface area contributed by atoms with Gasteiger partial charge in [0.1, 0.15) is 0 Å². The van der Waals surface area contributed by atoms with Gasteiger partial charge in [-0.25, -0.2) is 4.99 Å². The number of fused-ring (bicyclic) bond motifs is 1. The molecule has 0 amide bonds. The first-order chi connectivity index (χ1) is 12.9. The van der Waals surface area contributed by atoms with E-state index in [4.69, 9.17) is 0 Å². The van der Waals surface area contributed by atoms with Gasteiger partial charge in [0.25, 0.3) is 0 Å². The highest BCUT2D eigenvalue weighted by atomic mass is 127. The first kappa shape index (κ1) is 22.7. The molecule has 2 aromatic rings. The third kappa shape index (κ3) is 6.80. The van der Waals surface area contributed by atoms with E-state index in [9.17, 15) is 13.2 Å². The van der Waals surface area contributed by atoms with Crippen molar-refractivity contribution < 1.29 is 13.2 Å². The van der Waals surface area contributed by atoms with Crippen LogP contribution < -0.4 is 10.6 Å². The normalized spacial score (nSPS) is 18.1. The lowest BCUT2D eigenvalue weighted by Crippen LogP contribution is -2.45. The van der Waals surface area contributed by atoms with Crippen molar-refractivity contribution in [3.05, 3.63) is 48.0 Å². The second-order valence-corrected chi connectivity index (χ2v) is 6.86. The first-order valence-corrected chi connectivity index (χ1v) is 9.24. The first-order valence-electron chi connectivity index (χ1n) is 9.24. The maximum atomic E-state index is 12.5. The van der Waals surface area contributed by atoms with E-state index in [-0.39, 0.29) is 30.0 Å². The van der Waals surface area contributed by atoms with Crippen molar-refractivity contribution in [2.45, 2.75) is 32.1 Å². The van der Waals surface area contributed by atoms with Crippen LogP contribution in [0, 0.1) is 0 Å². The van der Waals surface area contributed by atoms with Gasteiger partial charge in [-0.3, -0.25) is 4.90 Å².